The Balaban J connectivity index is 0.00000320. The lowest BCUT2D eigenvalue weighted by molar-refractivity contribution is -0.920. The number of benzene rings is 2. The molecule has 0 N–H and O–H groups in total. The first-order chi connectivity index (χ1) is 13.8. The van der Waals surface area contributed by atoms with Crippen LogP contribution in [-0.2, 0) is 4.79 Å². The topological polar surface area (TPSA) is 26.3 Å². The van der Waals surface area contributed by atoms with E-state index in [0.717, 1.165) is 16.5 Å². The molecule has 30 heavy (non-hydrogen) atoms. The van der Waals surface area contributed by atoms with Crippen LogP contribution >= 0.6 is 0 Å². The van der Waals surface area contributed by atoms with Crippen molar-refractivity contribution >= 4 is 5.97 Å². The van der Waals surface area contributed by atoms with E-state index in [2.05, 4.69) is 57.4 Å². The molecule has 0 aromatic heterocycles. The molecule has 2 aromatic carbocycles. The maximum absolute atomic E-state index is 12.4. The number of piperidine rings is 1. The number of hydrogen-bond donors (Lipinski definition) is 0. The Labute approximate surface area is 192 Å². The highest BCUT2D eigenvalue weighted by molar-refractivity contribution is 5.75. The average Bonchev–Trinajstić information content (AvgIpc) is 2.69. The van der Waals surface area contributed by atoms with Gasteiger partial charge < -0.3 is 26.2 Å². The molecule has 3 nitrogen and oxygen atoms in total. The summed E-state index contributed by atoms with van der Waals surface area (Å²) in [7, 11) is 4.73. The number of likely N-dealkylation sites (tertiary alicyclic amines) is 1. The smallest absolute Gasteiger partial charge is 0.313 e. The summed E-state index contributed by atoms with van der Waals surface area (Å²) < 4.78 is 6.93. The lowest BCUT2D eigenvalue weighted by Crippen LogP contribution is -3.00. The third kappa shape index (κ3) is 5.95. The lowest BCUT2D eigenvalue weighted by atomic mass is 9.82. The van der Waals surface area contributed by atoms with Crippen molar-refractivity contribution in [1.29, 1.82) is 0 Å². The van der Waals surface area contributed by atoms with Crippen molar-refractivity contribution in [1.82, 2.24) is 0 Å². The maximum atomic E-state index is 12.4. The fraction of sp³-hybridized carbons (Fsp3) is 0.500. The molecule has 2 aromatic rings. The van der Waals surface area contributed by atoms with Gasteiger partial charge in [0.2, 0.25) is 0 Å². The minimum Gasteiger partial charge on any atom is -1.00 e. The highest BCUT2D eigenvalue weighted by Gasteiger charge is 2.35. The minimum atomic E-state index is -0.171. The van der Waals surface area contributed by atoms with Gasteiger partial charge in [-0.3, -0.25) is 4.79 Å². The predicted octanol–water partition coefficient (Wildman–Crippen LogP) is 2.71. The first-order valence-corrected chi connectivity index (χ1v) is 11.0. The quantitative estimate of drug-likeness (QED) is 0.366. The van der Waals surface area contributed by atoms with Gasteiger partial charge in [0, 0.05) is 17.9 Å². The van der Waals surface area contributed by atoms with E-state index in [1.807, 2.05) is 26.0 Å². The van der Waals surface area contributed by atoms with Gasteiger partial charge in [0.1, 0.15) is 5.75 Å². The molecule has 0 saturated carbocycles. The number of esters is 1. The van der Waals surface area contributed by atoms with Crippen LogP contribution in [0.2, 0.25) is 0 Å². The monoisotopic (exact) mass is 473 g/mol. The molecule has 2 unspecified atom stereocenters. The van der Waals surface area contributed by atoms with Crippen LogP contribution in [0.15, 0.2) is 48.5 Å². The normalized spacial score (nSPS) is 19.1. The molecule has 0 bridgehead atoms. The number of halogens is 1. The zero-order valence-corrected chi connectivity index (χ0v) is 20.6. The van der Waals surface area contributed by atoms with Crippen LogP contribution in [0, 0.1) is 12.8 Å². The van der Waals surface area contributed by atoms with Gasteiger partial charge in [0.15, 0.2) is 0 Å². The largest absolute Gasteiger partial charge is 1.00 e. The Bertz CT molecular complexity index is 832. The summed E-state index contributed by atoms with van der Waals surface area (Å²) in [5.74, 6) is 0.611. The van der Waals surface area contributed by atoms with Crippen molar-refractivity contribution in [3.63, 3.8) is 0 Å². The van der Waals surface area contributed by atoms with Gasteiger partial charge >= 0.3 is 5.97 Å². The van der Waals surface area contributed by atoms with Crippen LogP contribution < -0.4 is 21.7 Å². The molecule has 0 aliphatic carbocycles. The molecule has 3 rings (SSSR count). The van der Waals surface area contributed by atoms with Crippen molar-refractivity contribution in [3.8, 4) is 5.75 Å². The summed E-state index contributed by atoms with van der Waals surface area (Å²) in [6, 6.07) is 17.5. The Morgan fingerprint density at radius 3 is 2.43 bits per heavy atom. The van der Waals surface area contributed by atoms with Gasteiger partial charge in [-0.25, -0.2) is 0 Å². The van der Waals surface area contributed by atoms with Crippen LogP contribution in [0.5, 0.6) is 5.75 Å². The molecule has 1 saturated heterocycles. The predicted molar refractivity (Wildman–Crippen MR) is 119 cm³/mol. The standard InChI is InChI=1S/C26H36NO2.BrH/c1-19(2)26(28)29-25-15-14-20(3)17-24(25)23(21-11-7-6-8-12-21)18-22-13-9-10-16-27(22,4)5;/h6-8,11-12,14-15,17,19,22-23H,9-10,13,16,18H2,1-5H3;1H/q+1;/p-1. The maximum Gasteiger partial charge on any atom is 0.313 e. The molecule has 1 fully saturated rings. The lowest BCUT2D eigenvalue weighted by Gasteiger charge is -2.43. The number of carbonyl (C=O) groups excluding carboxylic acids is 1. The average molecular weight is 474 g/mol. The van der Waals surface area contributed by atoms with Gasteiger partial charge in [-0.1, -0.05) is 61.9 Å². The SMILES string of the molecule is Cc1ccc(OC(=O)C(C)C)c(C(CC2CCCC[N+]2(C)C)c2ccccc2)c1.[Br-]. The van der Waals surface area contributed by atoms with E-state index in [0.29, 0.717) is 11.8 Å². The zero-order chi connectivity index (χ0) is 21.0. The fourth-order valence-electron chi connectivity index (χ4n) is 4.49. The summed E-state index contributed by atoms with van der Waals surface area (Å²) in [6.07, 6.45) is 4.92. The van der Waals surface area contributed by atoms with Gasteiger partial charge in [-0.05, 0) is 37.8 Å². The van der Waals surface area contributed by atoms with E-state index >= 15 is 0 Å². The number of hydrogen-bond acceptors (Lipinski definition) is 2. The van der Waals surface area contributed by atoms with E-state index in [1.54, 1.807) is 0 Å². The van der Waals surface area contributed by atoms with Crippen molar-refractivity contribution in [3.05, 3.63) is 65.2 Å². The van der Waals surface area contributed by atoms with Gasteiger partial charge in [0.25, 0.3) is 0 Å². The third-order valence-electron chi connectivity index (χ3n) is 6.44. The van der Waals surface area contributed by atoms with Gasteiger partial charge in [-0.2, -0.15) is 0 Å². The number of ether oxygens (including phenoxy) is 1. The molecular weight excluding hydrogens is 438 g/mol. The first kappa shape index (κ1) is 24.6. The molecule has 4 heteroatoms. The van der Waals surface area contributed by atoms with E-state index in [-0.39, 0.29) is 34.8 Å². The number of nitrogens with zero attached hydrogens (tertiary/aromatic N) is 1. The Morgan fingerprint density at radius 2 is 1.80 bits per heavy atom. The number of rotatable bonds is 6. The van der Waals surface area contributed by atoms with Crippen molar-refractivity contribution in [2.24, 2.45) is 5.92 Å². The van der Waals surface area contributed by atoms with E-state index < -0.39 is 0 Å². The second kappa shape index (κ2) is 10.6. The first-order valence-electron chi connectivity index (χ1n) is 11.0. The van der Waals surface area contributed by atoms with Crippen LogP contribution in [0.1, 0.15) is 62.1 Å². The third-order valence-corrected chi connectivity index (χ3v) is 6.44. The summed E-state index contributed by atoms with van der Waals surface area (Å²) in [5.41, 5.74) is 3.63. The van der Waals surface area contributed by atoms with Gasteiger partial charge in [0.05, 0.1) is 32.6 Å². The molecule has 1 aliphatic rings. The Hall–Kier alpha value is -1.65. The molecule has 0 amide bonds. The number of aryl methyl sites for hydroxylation is 1. The fourth-order valence-corrected chi connectivity index (χ4v) is 4.49. The van der Waals surface area contributed by atoms with Crippen molar-refractivity contribution < 1.29 is 31.0 Å². The molecule has 1 heterocycles. The molecular formula is C26H36BrNO2. The van der Waals surface area contributed by atoms with Crippen LogP contribution in [0.3, 0.4) is 0 Å². The molecule has 1 aliphatic heterocycles. The second-order valence-electron chi connectivity index (χ2n) is 9.47. The van der Waals surface area contributed by atoms with E-state index in [1.165, 1.54) is 36.9 Å². The summed E-state index contributed by atoms with van der Waals surface area (Å²) in [6.45, 7) is 7.11. The van der Waals surface area contributed by atoms with E-state index in [4.69, 9.17) is 4.74 Å². The number of carbonyl (C=O) groups is 1. The van der Waals surface area contributed by atoms with Crippen LogP contribution in [-0.4, -0.2) is 37.1 Å². The highest BCUT2D eigenvalue weighted by Crippen LogP contribution is 2.39. The Kier molecular flexibility index (Phi) is 8.69. The van der Waals surface area contributed by atoms with Crippen molar-refractivity contribution in [2.45, 2.75) is 58.4 Å². The summed E-state index contributed by atoms with van der Waals surface area (Å²) >= 11 is 0. The molecule has 2 atom stereocenters. The molecule has 0 radical (unpaired) electrons. The van der Waals surface area contributed by atoms with Crippen LogP contribution in [0.4, 0.5) is 0 Å². The minimum absolute atomic E-state index is 0. The van der Waals surface area contributed by atoms with E-state index in [9.17, 15) is 4.79 Å². The molecule has 164 valence electrons. The highest BCUT2D eigenvalue weighted by atomic mass is 79.9. The number of quaternary nitrogens is 1. The van der Waals surface area contributed by atoms with Crippen molar-refractivity contribution in [2.75, 3.05) is 20.6 Å². The summed E-state index contributed by atoms with van der Waals surface area (Å²) in [4.78, 5) is 12.4. The second-order valence-corrected chi connectivity index (χ2v) is 9.47. The van der Waals surface area contributed by atoms with Gasteiger partial charge in [-0.15, -0.1) is 0 Å². The van der Waals surface area contributed by atoms with Crippen LogP contribution in [0.25, 0.3) is 0 Å². The Morgan fingerprint density at radius 1 is 1.10 bits per heavy atom. The molecule has 0 spiro atoms. The zero-order valence-electron chi connectivity index (χ0n) is 19.0. The summed E-state index contributed by atoms with van der Waals surface area (Å²) in [5, 5.41) is 0.